The van der Waals surface area contributed by atoms with E-state index in [-0.39, 0.29) is 15.9 Å². The molecule has 2 heterocycles. The smallest absolute Gasteiger partial charge is 0.263 e. The molecule has 0 atom stereocenters. The summed E-state index contributed by atoms with van der Waals surface area (Å²) < 4.78 is 28.0. The number of carbonyl (C=O) groups excluding carboxylic acids is 1. The number of fused-ring (bicyclic) bond motifs is 1. The van der Waals surface area contributed by atoms with Gasteiger partial charge in [0.2, 0.25) is 5.13 Å². The number of nitrogens with zero attached hydrogens (tertiary/aromatic N) is 3. The van der Waals surface area contributed by atoms with Gasteiger partial charge in [-0.25, -0.2) is 8.42 Å². The molecule has 9 heteroatoms. The first-order valence-electron chi connectivity index (χ1n) is 9.59. The third-order valence-electron chi connectivity index (χ3n) is 4.94. The van der Waals surface area contributed by atoms with Crippen LogP contribution in [0.5, 0.6) is 0 Å². The summed E-state index contributed by atoms with van der Waals surface area (Å²) in [4.78, 5) is 15.1. The maximum absolute atomic E-state index is 13.2. The Labute approximate surface area is 179 Å². The summed E-state index contributed by atoms with van der Waals surface area (Å²) in [6, 6.07) is 10.7. The molecule has 1 aliphatic heterocycles. The number of aromatic nitrogens is 2. The van der Waals surface area contributed by atoms with Crippen LogP contribution in [0.3, 0.4) is 0 Å². The Morgan fingerprint density at radius 1 is 1.07 bits per heavy atom. The van der Waals surface area contributed by atoms with Crippen molar-refractivity contribution in [2.45, 2.75) is 38.5 Å². The number of rotatable bonds is 4. The third-order valence-corrected chi connectivity index (χ3v) is 7.16. The third kappa shape index (κ3) is 4.08. The van der Waals surface area contributed by atoms with Crippen molar-refractivity contribution in [1.29, 1.82) is 0 Å². The van der Waals surface area contributed by atoms with Crippen LogP contribution in [0.1, 0.15) is 38.5 Å². The van der Waals surface area contributed by atoms with Crippen LogP contribution in [0.2, 0.25) is 0 Å². The molecule has 3 aromatic rings. The van der Waals surface area contributed by atoms with Crippen molar-refractivity contribution in [2.75, 3.05) is 16.2 Å². The number of hydrogen-bond acceptors (Lipinski definition) is 6. The predicted molar refractivity (Wildman–Crippen MR) is 118 cm³/mol. The molecule has 0 bridgehead atoms. The molecule has 30 heavy (non-hydrogen) atoms. The molecule has 7 nitrogen and oxygen atoms in total. The highest BCUT2D eigenvalue weighted by Crippen LogP contribution is 2.31. The summed E-state index contributed by atoms with van der Waals surface area (Å²) >= 11 is 1.18. The van der Waals surface area contributed by atoms with Gasteiger partial charge in [-0.2, -0.15) is 0 Å². The van der Waals surface area contributed by atoms with Crippen LogP contribution in [-0.2, 0) is 16.4 Å². The molecule has 156 valence electrons. The van der Waals surface area contributed by atoms with E-state index < -0.39 is 10.0 Å². The van der Waals surface area contributed by atoms with E-state index in [0.717, 1.165) is 28.8 Å². The fourth-order valence-electron chi connectivity index (χ4n) is 3.72. The van der Waals surface area contributed by atoms with Crippen molar-refractivity contribution in [3.05, 3.63) is 63.7 Å². The van der Waals surface area contributed by atoms with Crippen LogP contribution in [-0.4, -0.2) is 31.1 Å². The Kier molecular flexibility index (Phi) is 5.33. The number of amides is 1. The van der Waals surface area contributed by atoms with Gasteiger partial charge in [0.25, 0.3) is 15.9 Å². The van der Waals surface area contributed by atoms with E-state index in [4.69, 9.17) is 0 Å². The number of hydrogen-bond donors (Lipinski definition) is 1. The van der Waals surface area contributed by atoms with Crippen LogP contribution < -0.4 is 9.62 Å². The molecule has 2 aromatic carbocycles. The summed E-state index contributed by atoms with van der Waals surface area (Å²) in [7, 11) is -3.78. The number of sulfonamides is 1. The second-order valence-corrected chi connectivity index (χ2v) is 10.3. The van der Waals surface area contributed by atoms with E-state index in [1.807, 2.05) is 32.0 Å². The van der Waals surface area contributed by atoms with Crippen LogP contribution in [0.15, 0.2) is 41.3 Å². The fraction of sp³-hybridized carbons (Fsp3) is 0.286. The largest absolute Gasteiger partial charge is 0.308 e. The first-order chi connectivity index (χ1) is 14.2. The summed E-state index contributed by atoms with van der Waals surface area (Å²) in [6.45, 7) is 6.30. The highest BCUT2D eigenvalue weighted by atomic mass is 32.2. The van der Waals surface area contributed by atoms with Gasteiger partial charge in [0.1, 0.15) is 5.01 Å². The van der Waals surface area contributed by atoms with Gasteiger partial charge >= 0.3 is 0 Å². The zero-order valence-electron chi connectivity index (χ0n) is 17.0. The highest BCUT2D eigenvalue weighted by molar-refractivity contribution is 7.93. The minimum Gasteiger partial charge on any atom is -0.308 e. The standard InChI is InChI=1S/C21H22N4O3S2/c1-13-9-14(2)11-17(10-13)20(26)25-8-4-5-16-12-18(6-7-19(16)25)30(27,28)24-21-23-22-15(3)29-21/h6-7,9-12H,4-5,8H2,1-3H3,(H,23,24). The SMILES string of the molecule is Cc1cc(C)cc(C(=O)N2CCCc3cc(S(=O)(=O)Nc4nnc(C)s4)ccc32)c1. The molecule has 0 saturated carbocycles. The lowest BCUT2D eigenvalue weighted by Crippen LogP contribution is -2.35. The van der Waals surface area contributed by atoms with Crippen molar-refractivity contribution in [2.24, 2.45) is 0 Å². The second kappa shape index (κ2) is 7.81. The van der Waals surface area contributed by atoms with E-state index in [0.29, 0.717) is 23.5 Å². The van der Waals surface area contributed by atoms with E-state index >= 15 is 0 Å². The summed E-state index contributed by atoms with van der Waals surface area (Å²) in [5.74, 6) is -0.0687. The van der Waals surface area contributed by atoms with Gasteiger partial charge in [0, 0.05) is 17.8 Å². The highest BCUT2D eigenvalue weighted by Gasteiger charge is 2.26. The van der Waals surface area contributed by atoms with Gasteiger partial charge in [-0.05, 0) is 69.5 Å². The number of carbonyl (C=O) groups is 1. The first-order valence-corrected chi connectivity index (χ1v) is 11.9. The van der Waals surface area contributed by atoms with Crippen LogP contribution in [0.4, 0.5) is 10.8 Å². The number of aryl methyl sites for hydroxylation is 4. The fourth-order valence-corrected chi connectivity index (χ4v) is 5.59. The van der Waals surface area contributed by atoms with E-state index in [1.54, 1.807) is 24.0 Å². The average molecular weight is 443 g/mol. The molecule has 0 unspecified atom stereocenters. The average Bonchev–Trinajstić information content (AvgIpc) is 3.09. The number of benzene rings is 2. The van der Waals surface area contributed by atoms with Crippen molar-refractivity contribution in [3.8, 4) is 0 Å². The molecule has 1 aromatic heterocycles. The minimum atomic E-state index is -3.78. The predicted octanol–water partition coefficient (Wildman–Crippen LogP) is 3.86. The monoisotopic (exact) mass is 442 g/mol. The van der Waals surface area contributed by atoms with Gasteiger partial charge in [-0.1, -0.05) is 28.5 Å². The number of nitrogens with one attached hydrogen (secondary N) is 1. The van der Waals surface area contributed by atoms with Crippen molar-refractivity contribution in [3.63, 3.8) is 0 Å². The summed E-state index contributed by atoms with van der Waals surface area (Å²) in [5.41, 5.74) is 4.32. The molecule has 0 spiro atoms. The zero-order valence-corrected chi connectivity index (χ0v) is 18.6. The molecule has 0 fully saturated rings. The Hall–Kier alpha value is -2.78. The molecule has 1 amide bonds. The molecule has 0 aliphatic carbocycles. The van der Waals surface area contributed by atoms with E-state index in [2.05, 4.69) is 14.9 Å². The Morgan fingerprint density at radius 2 is 1.80 bits per heavy atom. The maximum atomic E-state index is 13.2. The Morgan fingerprint density at radius 3 is 2.47 bits per heavy atom. The maximum Gasteiger partial charge on any atom is 0.263 e. The lowest BCUT2D eigenvalue weighted by molar-refractivity contribution is 0.0985. The van der Waals surface area contributed by atoms with Crippen LogP contribution in [0, 0.1) is 20.8 Å². The van der Waals surface area contributed by atoms with Gasteiger partial charge in [-0.15, -0.1) is 10.2 Å². The number of anilines is 2. The molecule has 1 N–H and O–H groups in total. The van der Waals surface area contributed by atoms with Gasteiger partial charge in [0.15, 0.2) is 0 Å². The lowest BCUT2D eigenvalue weighted by Gasteiger charge is -2.30. The van der Waals surface area contributed by atoms with E-state index in [9.17, 15) is 13.2 Å². The van der Waals surface area contributed by atoms with Crippen molar-refractivity contribution >= 4 is 38.1 Å². The molecule has 0 radical (unpaired) electrons. The lowest BCUT2D eigenvalue weighted by atomic mass is 10.00. The normalized spacial score (nSPS) is 13.8. The Bertz CT molecular complexity index is 1210. The molecular formula is C21H22N4O3S2. The van der Waals surface area contributed by atoms with Crippen LogP contribution in [0.25, 0.3) is 0 Å². The first kappa shape index (κ1) is 20.5. The van der Waals surface area contributed by atoms with Gasteiger partial charge < -0.3 is 4.90 Å². The minimum absolute atomic E-state index is 0.0687. The topological polar surface area (TPSA) is 92.3 Å². The quantitative estimate of drug-likeness (QED) is 0.662. The Balaban J connectivity index is 1.65. The molecule has 1 aliphatic rings. The summed E-state index contributed by atoms with van der Waals surface area (Å²) in [5, 5.41) is 8.57. The van der Waals surface area contributed by atoms with Crippen molar-refractivity contribution < 1.29 is 13.2 Å². The summed E-state index contributed by atoms with van der Waals surface area (Å²) in [6.07, 6.45) is 1.49. The van der Waals surface area contributed by atoms with Gasteiger partial charge in [-0.3, -0.25) is 9.52 Å². The van der Waals surface area contributed by atoms with Crippen LogP contribution >= 0.6 is 11.3 Å². The second-order valence-electron chi connectivity index (χ2n) is 7.46. The van der Waals surface area contributed by atoms with E-state index in [1.165, 1.54) is 17.4 Å². The zero-order chi connectivity index (χ0) is 21.5. The molecular weight excluding hydrogens is 420 g/mol. The van der Waals surface area contributed by atoms with Crippen molar-refractivity contribution in [1.82, 2.24) is 10.2 Å². The molecule has 4 rings (SSSR count). The molecule has 0 saturated heterocycles. The van der Waals surface area contributed by atoms with Gasteiger partial charge in [0.05, 0.1) is 4.90 Å².